The minimum absolute atomic E-state index is 0.191. The first kappa shape index (κ1) is 21.3. The Labute approximate surface area is 171 Å². The van der Waals surface area contributed by atoms with Gasteiger partial charge in [-0.15, -0.1) is 0 Å². The standard InChI is InChI=1S/C19H20ClF3N4O2/c1-27(11-12-5-7-29-8-6-12)17(28)15-10-24-18(26-16(15)19(21,22)23)25-14-4-2-3-13(20)9-14/h2-4,9-10,12H,5-8,11H2,1H3,(H,24,25,26). The number of nitrogens with zero attached hydrogens (tertiary/aromatic N) is 3. The van der Waals surface area contributed by atoms with Crippen molar-refractivity contribution >= 4 is 29.1 Å². The van der Waals surface area contributed by atoms with Crippen LogP contribution in [0, 0.1) is 5.92 Å². The number of rotatable bonds is 5. The van der Waals surface area contributed by atoms with E-state index in [2.05, 4.69) is 15.3 Å². The number of amides is 1. The Morgan fingerprint density at radius 2 is 2.07 bits per heavy atom. The quantitative estimate of drug-likeness (QED) is 0.765. The van der Waals surface area contributed by atoms with Crippen LogP contribution < -0.4 is 5.32 Å². The molecule has 156 valence electrons. The highest BCUT2D eigenvalue weighted by Gasteiger charge is 2.39. The fourth-order valence-corrected chi connectivity index (χ4v) is 3.31. The minimum atomic E-state index is -4.81. The summed E-state index contributed by atoms with van der Waals surface area (Å²) in [5.74, 6) is -0.849. The highest BCUT2D eigenvalue weighted by atomic mass is 35.5. The third-order valence-electron chi connectivity index (χ3n) is 4.59. The number of carbonyl (C=O) groups excluding carboxylic acids is 1. The molecule has 2 heterocycles. The topological polar surface area (TPSA) is 67.3 Å². The first-order valence-corrected chi connectivity index (χ1v) is 9.42. The molecule has 1 fully saturated rings. The second-order valence-electron chi connectivity index (χ2n) is 6.83. The molecule has 1 aliphatic rings. The summed E-state index contributed by atoms with van der Waals surface area (Å²) in [5.41, 5.74) is -1.43. The van der Waals surface area contributed by atoms with Crippen LogP contribution in [0.3, 0.4) is 0 Å². The Hall–Kier alpha value is -2.39. The normalized spacial score (nSPS) is 15.2. The second-order valence-corrected chi connectivity index (χ2v) is 7.27. The van der Waals surface area contributed by atoms with Gasteiger partial charge in [0.1, 0.15) is 0 Å². The van der Waals surface area contributed by atoms with E-state index in [0.717, 1.165) is 19.0 Å². The maximum Gasteiger partial charge on any atom is 0.434 e. The molecule has 1 saturated heterocycles. The average Bonchev–Trinajstić information content (AvgIpc) is 2.67. The van der Waals surface area contributed by atoms with E-state index in [0.29, 0.717) is 30.5 Å². The Balaban J connectivity index is 1.82. The molecule has 1 amide bonds. The van der Waals surface area contributed by atoms with Gasteiger partial charge in [0, 0.05) is 43.7 Å². The Morgan fingerprint density at radius 3 is 2.72 bits per heavy atom. The van der Waals surface area contributed by atoms with Gasteiger partial charge in [-0.25, -0.2) is 9.97 Å². The third-order valence-corrected chi connectivity index (χ3v) is 4.82. The molecule has 0 saturated carbocycles. The molecule has 0 aliphatic carbocycles. The number of anilines is 2. The fraction of sp³-hybridized carbons (Fsp3) is 0.421. The van der Waals surface area contributed by atoms with Crippen molar-refractivity contribution < 1.29 is 22.7 Å². The number of aromatic nitrogens is 2. The highest BCUT2D eigenvalue weighted by Crippen LogP contribution is 2.32. The van der Waals surface area contributed by atoms with Gasteiger partial charge in [0.05, 0.1) is 5.56 Å². The van der Waals surface area contributed by atoms with Gasteiger partial charge in [-0.3, -0.25) is 4.79 Å². The maximum absolute atomic E-state index is 13.6. The molecular formula is C19H20ClF3N4O2. The largest absolute Gasteiger partial charge is 0.434 e. The van der Waals surface area contributed by atoms with E-state index in [-0.39, 0.29) is 11.9 Å². The Kier molecular flexibility index (Phi) is 6.59. The number of nitrogens with one attached hydrogen (secondary N) is 1. The van der Waals surface area contributed by atoms with E-state index >= 15 is 0 Å². The number of hydrogen-bond acceptors (Lipinski definition) is 5. The van der Waals surface area contributed by atoms with Crippen molar-refractivity contribution in [3.8, 4) is 0 Å². The van der Waals surface area contributed by atoms with Gasteiger partial charge >= 0.3 is 6.18 Å². The summed E-state index contributed by atoms with van der Waals surface area (Å²) in [6.07, 6.45) is -2.37. The van der Waals surface area contributed by atoms with Crippen molar-refractivity contribution in [1.29, 1.82) is 0 Å². The van der Waals surface area contributed by atoms with Gasteiger partial charge in [-0.1, -0.05) is 17.7 Å². The van der Waals surface area contributed by atoms with Crippen LogP contribution in [0.2, 0.25) is 5.02 Å². The first-order chi connectivity index (χ1) is 13.7. The lowest BCUT2D eigenvalue weighted by atomic mass is 9.99. The van der Waals surface area contributed by atoms with Crippen molar-refractivity contribution in [2.75, 3.05) is 32.1 Å². The van der Waals surface area contributed by atoms with E-state index < -0.39 is 23.3 Å². The molecule has 10 heteroatoms. The summed E-state index contributed by atoms with van der Waals surface area (Å²) in [6, 6.07) is 6.41. The lowest BCUT2D eigenvalue weighted by Gasteiger charge is -2.27. The van der Waals surface area contributed by atoms with E-state index in [1.54, 1.807) is 18.2 Å². The van der Waals surface area contributed by atoms with Crippen LogP contribution >= 0.6 is 11.6 Å². The van der Waals surface area contributed by atoms with Crippen LogP contribution in [-0.4, -0.2) is 47.6 Å². The van der Waals surface area contributed by atoms with Gasteiger partial charge < -0.3 is 15.0 Å². The third kappa shape index (κ3) is 5.57. The van der Waals surface area contributed by atoms with Gasteiger partial charge in [0.2, 0.25) is 5.95 Å². The zero-order valence-corrected chi connectivity index (χ0v) is 16.4. The summed E-state index contributed by atoms with van der Waals surface area (Å²) >= 11 is 5.88. The summed E-state index contributed by atoms with van der Waals surface area (Å²) < 4.78 is 46.0. The van der Waals surface area contributed by atoms with Gasteiger partial charge in [-0.2, -0.15) is 13.2 Å². The smallest absolute Gasteiger partial charge is 0.381 e. The molecule has 0 bridgehead atoms. The summed E-state index contributed by atoms with van der Waals surface area (Å²) in [5, 5.41) is 3.08. The van der Waals surface area contributed by atoms with Gasteiger partial charge in [0.25, 0.3) is 5.91 Å². The van der Waals surface area contributed by atoms with Crippen LogP contribution in [0.1, 0.15) is 28.9 Å². The molecule has 0 unspecified atom stereocenters. The minimum Gasteiger partial charge on any atom is -0.381 e. The molecule has 3 rings (SSSR count). The van der Waals surface area contributed by atoms with Gasteiger partial charge in [-0.05, 0) is 37.0 Å². The molecule has 1 N–H and O–H groups in total. The zero-order valence-electron chi connectivity index (χ0n) is 15.7. The highest BCUT2D eigenvalue weighted by molar-refractivity contribution is 6.30. The SMILES string of the molecule is CN(CC1CCOCC1)C(=O)c1cnc(Nc2cccc(Cl)c2)nc1C(F)(F)F. The monoisotopic (exact) mass is 428 g/mol. The van der Waals surface area contributed by atoms with E-state index in [1.807, 2.05) is 0 Å². The van der Waals surface area contributed by atoms with Crippen molar-refractivity contribution in [2.24, 2.45) is 5.92 Å². The zero-order chi connectivity index (χ0) is 21.0. The molecule has 1 aromatic heterocycles. The number of carbonyl (C=O) groups is 1. The Morgan fingerprint density at radius 1 is 1.34 bits per heavy atom. The fourth-order valence-electron chi connectivity index (χ4n) is 3.11. The van der Waals surface area contributed by atoms with Crippen LogP contribution in [0.25, 0.3) is 0 Å². The van der Waals surface area contributed by atoms with Crippen LogP contribution in [0.15, 0.2) is 30.5 Å². The van der Waals surface area contributed by atoms with Crippen LogP contribution in [-0.2, 0) is 10.9 Å². The van der Waals surface area contributed by atoms with Crippen LogP contribution in [0.5, 0.6) is 0 Å². The number of hydrogen-bond donors (Lipinski definition) is 1. The van der Waals surface area contributed by atoms with E-state index in [4.69, 9.17) is 16.3 Å². The van der Waals surface area contributed by atoms with Crippen molar-refractivity contribution in [3.63, 3.8) is 0 Å². The summed E-state index contributed by atoms with van der Waals surface area (Å²) in [4.78, 5) is 21.4. The number of halogens is 4. The van der Waals surface area contributed by atoms with E-state index in [1.165, 1.54) is 18.0 Å². The first-order valence-electron chi connectivity index (χ1n) is 9.04. The predicted molar refractivity (Wildman–Crippen MR) is 102 cm³/mol. The molecule has 1 aromatic carbocycles. The molecular weight excluding hydrogens is 409 g/mol. The molecule has 1 aliphatic heterocycles. The van der Waals surface area contributed by atoms with Gasteiger partial charge in [0.15, 0.2) is 5.69 Å². The second kappa shape index (κ2) is 8.96. The number of benzene rings is 1. The van der Waals surface area contributed by atoms with Crippen molar-refractivity contribution in [1.82, 2.24) is 14.9 Å². The Bertz CT molecular complexity index is 873. The average molecular weight is 429 g/mol. The molecule has 0 spiro atoms. The molecule has 0 atom stereocenters. The molecule has 6 nitrogen and oxygen atoms in total. The lowest BCUT2D eigenvalue weighted by molar-refractivity contribution is -0.141. The molecule has 0 radical (unpaired) electrons. The van der Waals surface area contributed by atoms with E-state index in [9.17, 15) is 18.0 Å². The lowest BCUT2D eigenvalue weighted by Crippen LogP contribution is -2.35. The van der Waals surface area contributed by atoms with Crippen molar-refractivity contribution in [2.45, 2.75) is 19.0 Å². The van der Waals surface area contributed by atoms with Crippen LogP contribution in [0.4, 0.5) is 24.8 Å². The maximum atomic E-state index is 13.6. The summed E-state index contributed by atoms with van der Waals surface area (Å²) in [6.45, 7) is 1.53. The van der Waals surface area contributed by atoms with Crippen molar-refractivity contribution in [3.05, 3.63) is 46.7 Å². The predicted octanol–water partition coefficient (Wildman–Crippen LogP) is 4.39. The molecule has 29 heavy (non-hydrogen) atoms. The number of ether oxygens (including phenoxy) is 1. The molecule has 2 aromatic rings. The summed E-state index contributed by atoms with van der Waals surface area (Å²) in [7, 11) is 1.48. The number of alkyl halides is 3.